The van der Waals surface area contributed by atoms with Crippen molar-refractivity contribution < 1.29 is 19.0 Å². The second kappa shape index (κ2) is 12.2. The Kier molecular flexibility index (Phi) is 7.95. The molecule has 0 spiro atoms. The number of ether oxygens (including phenoxy) is 3. The van der Waals surface area contributed by atoms with Gasteiger partial charge in [0.25, 0.3) is 0 Å². The van der Waals surface area contributed by atoms with Crippen molar-refractivity contribution in [2.45, 2.75) is 64.1 Å². The van der Waals surface area contributed by atoms with Gasteiger partial charge in [-0.25, -0.2) is 9.79 Å². The lowest BCUT2D eigenvalue weighted by Crippen LogP contribution is -2.53. The van der Waals surface area contributed by atoms with Gasteiger partial charge in [0, 0.05) is 54.9 Å². The van der Waals surface area contributed by atoms with Crippen LogP contribution in [0.4, 0.5) is 10.5 Å². The van der Waals surface area contributed by atoms with Crippen LogP contribution in [0.15, 0.2) is 77.9 Å². The first-order valence-electron chi connectivity index (χ1n) is 16.1. The average Bonchev–Trinajstić information content (AvgIpc) is 3.72. The molecule has 234 valence electrons. The van der Waals surface area contributed by atoms with Gasteiger partial charge in [0.15, 0.2) is 11.5 Å². The summed E-state index contributed by atoms with van der Waals surface area (Å²) in [6.45, 7) is 9.11. The number of aliphatic imine (C=N–C) groups is 1. The van der Waals surface area contributed by atoms with Gasteiger partial charge in [-0.2, -0.15) is 5.10 Å². The molecule has 45 heavy (non-hydrogen) atoms. The molecule has 9 nitrogen and oxygen atoms in total. The lowest BCUT2D eigenvalue weighted by molar-refractivity contribution is 0.00722. The number of rotatable bonds is 5. The van der Waals surface area contributed by atoms with Gasteiger partial charge in [0.05, 0.1) is 11.8 Å². The molecule has 9 heteroatoms. The molecule has 3 aromatic carbocycles. The van der Waals surface area contributed by atoms with E-state index in [1.54, 1.807) is 0 Å². The van der Waals surface area contributed by atoms with Crippen molar-refractivity contribution >= 4 is 28.4 Å². The highest BCUT2D eigenvalue weighted by Gasteiger charge is 2.32. The highest BCUT2D eigenvalue weighted by Crippen LogP contribution is 2.47. The summed E-state index contributed by atoms with van der Waals surface area (Å²) in [6, 6.07) is 23.4. The Morgan fingerprint density at radius 2 is 1.44 bits per heavy atom. The number of hydrogen-bond donors (Lipinski definition) is 0. The summed E-state index contributed by atoms with van der Waals surface area (Å²) in [5.41, 5.74) is 4.05. The highest BCUT2D eigenvalue weighted by molar-refractivity contribution is 6.14. The van der Waals surface area contributed by atoms with Gasteiger partial charge in [-0.05, 0) is 52.5 Å². The SMILES string of the molecule is CC(C)(C)OC(=O)N1CCN(C2CCC(n3cc4cc(N=C(c5ccccc5)c5ccccc5)c5c(c4n3)OCO5)CC2)CC1. The summed E-state index contributed by atoms with van der Waals surface area (Å²) >= 11 is 0. The van der Waals surface area contributed by atoms with Gasteiger partial charge in [0.1, 0.15) is 16.8 Å². The summed E-state index contributed by atoms with van der Waals surface area (Å²) in [6.07, 6.45) is 6.27. The molecule has 0 radical (unpaired) electrons. The molecule has 0 unspecified atom stereocenters. The van der Waals surface area contributed by atoms with Crippen molar-refractivity contribution in [3.8, 4) is 11.5 Å². The second-order valence-electron chi connectivity index (χ2n) is 13.2. The Labute approximate surface area is 264 Å². The number of carbonyl (C=O) groups is 1. The summed E-state index contributed by atoms with van der Waals surface area (Å²) < 4.78 is 19.7. The summed E-state index contributed by atoms with van der Waals surface area (Å²) in [5.74, 6) is 1.31. The van der Waals surface area contributed by atoms with Crippen LogP contribution in [0.2, 0.25) is 0 Å². The normalized spacial score (nSPS) is 20.3. The smallest absolute Gasteiger partial charge is 0.410 e. The minimum atomic E-state index is -0.467. The fourth-order valence-electron chi connectivity index (χ4n) is 6.71. The average molecular weight is 608 g/mol. The molecule has 1 amide bonds. The van der Waals surface area contributed by atoms with Gasteiger partial charge >= 0.3 is 6.09 Å². The number of carbonyl (C=O) groups excluding carboxylic acids is 1. The first-order valence-corrected chi connectivity index (χ1v) is 16.1. The molecule has 3 aliphatic rings. The third kappa shape index (κ3) is 6.27. The fourth-order valence-corrected chi connectivity index (χ4v) is 6.71. The monoisotopic (exact) mass is 607 g/mol. The van der Waals surface area contributed by atoms with Crippen molar-refractivity contribution in [3.05, 3.63) is 84.1 Å². The molecule has 1 aromatic heterocycles. The number of benzene rings is 3. The Morgan fingerprint density at radius 3 is 2.07 bits per heavy atom. The Hall–Kier alpha value is -4.37. The van der Waals surface area contributed by atoms with E-state index in [0.717, 1.165) is 72.2 Å². The maximum atomic E-state index is 12.5. The van der Waals surface area contributed by atoms with Gasteiger partial charge in [0.2, 0.25) is 6.79 Å². The minimum absolute atomic E-state index is 0.155. The molecule has 1 saturated heterocycles. The molecule has 1 saturated carbocycles. The van der Waals surface area contributed by atoms with Crippen molar-refractivity contribution in [2.24, 2.45) is 4.99 Å². The zero-order valence-corrected chi connectivity index (χ0v) is 26.3. The number of aromatic nitrogens is 2. The largest absolute Gasteiger partial charge is 0.451 e. The lowest BCUT2D eigenvalue weighted by Gasteiger charge is -2.42. The lowest BCUT2D eigenvalue weighted by atomic mass is 9.90. The van der Waals surface area contributed by atoms with Crippen LogP contribution in [0, 0.1) is 0 Å². The van der Waals surface area contributed by atoms with Crippen LogP contribution in [0.1, 0.15) is 63.6 Å². The molecule has 1 aliphatic carbocycles. The van der Waals surface area contributed by atoms with Gasteiger partial charge in [-0.1, -0.05) is 60.7 Å². The van der Waals surface area contributed by atoms with Crippen molar-refractivity contribution in [1.29, 1.82) is 0 Å². The number of amides is 1. The molecule has 0 bridgehead atoms. The van der Waals surface area contributed by atoms with Crippen molar-refractivity contribution in [1.82, 2.24) is 19.6 Å². The topological polar surface area (TPSA) is 81.4 Å². The number of fused-ring (bicyclic) bond motifs is 3. The summed E-state index contributed by atoms with van der Waals surface area (Å²) in [5, 5.41) is 6.03. The first kappa shape index (κ1) is 29.3. The molecule has 3 heterocycles. The van der Waals surface area contributed by atoms with Crippen LogP contribution in [0.3, 0.4) is 0 Å². The summed E-state index contributed by atoms with van der Waals surface area (Å²) in [7, 11) is 0. The van der Waals surface area contributed by atoms with Crippen LogP contribution in [0.25, 0.3) is 10.9 Å². The van der Waals surface area contributed by atoms with Gasteiger partial charge in [-0.15, -0.1) is 0 Å². The van der Waals surface area contributed by atoms with E-state index in [4.69, 9.17) is 24.3 Å². The van der Waals surface area contributed by atoms with E-state index in [9.17, 15) is 4.79 Å². The van der Waals surface area contributed by atoms with Gasteiger partial charge < -0.3 is 19.1 Å². The number of hydrogen-bond acceptors (Lipinski definition) is 7. The molecular formula is C36H41N5O4. The molecule has 4 aromatic rings. The quantitative estimate of drug-likeness (QED) is 0.228. The standard InChI is InChI=1S/C36H41N5O4/c1-36(2,3)45-35(42)40-20-18-39(19-21-40)28-14-16-29(17-15-28)41-23-27-22-30(33-34(32(27)38-41)44-24-43-33)37-31(25-10-6-4-7-11-25)26-12-8-5-9-13-26/h4-13,22-23,28-29H,14-21,24H2,1-3H3. The number of piperazine rings is 1. The van der Waals surface area contributed by atoms with E-state index >= 15 is 0 Å². The van der Waals surface area contributed by atoms with Crippen LogP contribution in [0.5, 0.6) is 11.5 Å². The first-order chi connectivity index (χ1) is 21.8. The summed E-state index contributed by atoms with van der Waals surface area (Å²) in [4.78, 5) is 22.1. The zero-order chi connectivity index (χ0) is 31.0. The van der Waals surface area contributed by atoms with E-state index in [1.807, 2.05) is 62.1 Å². The molecule has 0 N–H and O–H groups in total. The molecule has 0 atom stereocenters. The Bertz CT molecular complexity index is 1640. The van der Waals surface area contributed by atoms with E-state index in [1.165, 1.54) is 0 Å². The highest BCUT2D eigenvalue weighted by atomic mass is 16.7. The van der Waals surface area contributed by atoms with E-state index in [2.05, 4.69) is 46.1 Å². The van der Waals surface area contributed by atoms with Crippen molar-refractivity contribution in [2.75, 3.05) is 33.0 Å². The minimum Gasteiger partial charge on any atom is -0.451 e. The predicted molar refractivity (Wildman–Crippen MR) is 175 cm³/mol. The fraction of sp³-hybridized carbons (Fsp3) is 0.417. The van der Waals surface area contributed by atoms with Crippen molar-refractivity contribution in [3.63, 3.8) is 0 Å². The Balaban J connectivity index is 1.08. The Morgan fingerprint density at radius 1 is 0.844 bits per heavy atom. The van der Waals surface area contributed by atoms with E-state index < -0.39 is 5.60 Å². The molecule has 2 aliphatic heterocycles. The van der Waals surface area contributed by atoms with E-state index in [-0.39, 0.29) is 12.9 Å². The maximum absolute atomic E-state index is 12.5. The third-order valence-corrected chi connectivity index (χ3v) is 8.96. The van der Waals surface area contributed by atoms with Crippen LogP contribution in [-0.2, 0) is 4.74 Å². The molecule has 7 rings (SSSR count). The third-order valence-electron chi connectivity index (χ3n) is 8.96. The van der Waals surface area contributed by atoms with Crippen LogP contribution >= 0.6 is 0 Å². The zero-order valence-electron chi connectivity index (χ0n) is 26.3. The second-order valence-corrected chi connectivity index (χ2v) is 13.2. The number of nitrogens with zero attached hydrogens (tertiary/aromatic N) is 5. The van der Waals surface area contributed by atoms with Crippen LogP contribution in [-0.4, -0.2) is 76.0 Å². The maximum Gasteiger partial charge on any atom is 0.410 e. The molecular weight excluding hydrogens is 566 g/mol. The van der Waals surface area contributed by atoms with E-state index in [0.29, 0.717) is 36.7 Å². The molecule has 2 fully saturated rings. The predicted octanol–water partition coefficient (Wildman–Crippen LogP) is 6.97. The van der Waals surface area contributed by atoms with Gasteiger partial charge in [-0.3, -0.25) is 9.58 Å². The van der Waals surface area contributed by atoms with Crippen LogP contribution < -0.4 is 9.47 Å².